The van der Waals surface area contributed by atoms with Crippen molar-refractivity contribution in [3.05, 3.63) is 0 Å². The minimum atomic E-state index is -0.505. The van der Waals surface area contributed by atoms with Crippen molar-refractivity contribution >= 4 is 11.9 Å². The molecule has 0 aliphatic heterocycles. The molecule has 0 aromatic rings. The summed E-state index contributed by atoms with van der Waals surface area (Å²) in [7, 11) is 2.80. The standard InChI is InChI=1S/C8H15NO5/c1-12-4-3-9-7(10)5-14-6-8(11)13-2/h3-6H2,1-2H3,(H,9,10). The van der Waals surface area contributed by atoms with Gasteiger partial charge in [0.05, 0.1) is 13.7 Å². The maximum Gasteiger partial charge on any atom is 0.331 e. The summed E-state index contributed by atoms with van der Waals surface area (Å²) >= 11 is 0. The lowest BCUT2D eigenvalue weighted by Gasteiger charge is -2.04. The minimum absolute atomic E-state index is 0.154. The molecule has 6 heteroatoms. The van der Waals surface area contributed by atoms with E-state index in [4.69, 9.17) is 9.47 Å². The van der Waals surface area contributed by atoms with Gasteiger partial charge in [0.2, 0.25) is 5.91 Å². The molecule has 82 valence electrons. The first-order chi connectivity index (χ1) is 6.70. The Labute approximate surface area is 82.5 Å². The predicted octanol–water partition coefficient (Wildman–Crippen LogP) is -1.06. The van der Waals surface area contributed by atoms with Crippen LogP contribution in [-0.2, 0) is 23.8 Å². The van der Waals surface area contributed by atoms with E-state index < -0.39 is 5.97 Å². The fourth-order valence-electron chi connectivity index (χ4n) is 0.630. The lowest BCUT2D eigenvalue weighted by Crippen LogP contribution is -2.31. The summed E-state index contributed by atoms with van der Waals surface area (Å²) in [5.41, 5.74) is 0. The van der Waals surface area contributed by atoms with Gasteiger partial charge >= 0.3 is 5.97 Å². The monoisotopic (exact) mass is 205 g/mol. The number of rotatable bonds is 7. The third-order valence-corrected chi connectivity index (χ3v) is 1.31. The topological polar surface area (TPSA) is 73.9 Å². The van der Waals surface area contributed by atoms with Crippen LogP contribution >= 0.6 is 0 Å². The first-order valence-electron chi connectivity index (χ1n) is 4.11. The number of carbonyl (C=O) groups excluding carboxylic acids is 2. The van der Waals surface area contributed by atoms with Crippen molar-refractivity contribution in [1.29, 1.82) is 0 Å². The number of hydrogen-bond donors (Lipinski definition) is 1. The van der Waals surface area contributed by atoms with Crippen LogP contribution in [0.1, 0.15) is 0 Å². The van der Waals surface area contributed by atoms with Crippen LogP contribution in [0.15, 0.2) is 0 Å². The zero-order valence-electron chi connectivity index (χ0n) is 8.37. The van der Waals surface area contributed by atoms with Gasteiger partial charge in [-0.2, -0.15) is 0 Å². The summed E-state index contributed by atoms with van der Waals surface area (Å²) in [5, 5.41) is 2.53. The third-order valence-electron chi connectivity index (χ3n) is 1.31. The van der Waals surface area contributed by atoms with E-state index in [9.17, 15) is 9.59 Å². The number of nitrogens with one attached hydrogen (secondary N) is 1. The molecule has 0 saturated carbocycles. The van der Waals surface area contributed by atoms with E-state index in [1.165, 1.54) is 7.11 Å². The molecule has 0 unspecified atom stereocenters. The van der Waals surface area contributed by atoms with Gasteiger partial charge in [-0.3, -0.25) is 4.79 Å². The summed E-state index contributed by atoms with van der Waals surface area (Å²) in [4.78, 5) is 21.5. The zero-order chi connectivity index (χ0) is 10.8. The second-order valence-corrected chi connectivity index (χ2v) is 2.41. The van der Waals surface area contributed by atoms with Crippen LogP contribution in [0.5, 0.6) is 0 Å². The van der Waals surface area contributed by atoms with Crippen molar-refractivity contribution in [2.24, 2.45) is 0 Å². The van der Waals surface area contributed by atoms with Gasteiger partial charge in [-0.25, -0.2) is 4.79 Å². The molecule has 0 radical (unpaired) electrons. The average Bonchev–Trinajstić information content (AvgIpc) is 2.18. The lowest BCUT2D eigenvalue weighted by atomic mass is 10.6. The highest BCUT2D eigenvalue weighted by Crippen LogP contribution is 1.79. The average molecular weight is 205 g/mol. The van der Waals surface area contributed by atoms with Crippen molar-refractivity contribution < 1.29 is 23.8 Å². The van der Waals surface area contributed by atoms with Crippen molar-refractivity contribution in [1.82, 2.24) is 5.32 Å². The van der Waals surface area contributed by atoms with Crippen LogP contribution in [0.2, 0.25) is 0 Å². The van der Waals surface area contributed by atoms with Gasteiger partial charge in [0.1, 0.15) is 13.2 Å². The molecule has 0 fully saturated rings. The van der Waals surface area contributed by atoms with Gasteiger partial charge in [0.15, 0.2) is 0 Å². The zero-order valence-corrected chi connectivity index (χ0v) is 8.37. The molecule has 0 rings (SSSR count). The third kappa shape index (κ3) is 7.51. The van der Waals surface area contributed by atoms with E-state index in [2.05, 4.69) is 10.1 Å². The lowest BCUT2D eigenvalue weighted by molar-refractivity contribution is -0.147. The second kappa shape index (κ2) is 8.46. The van der Waals surface area contributed by atoms with Gasteiger partial charge < -0.3 is 19.5 Å². The first-order valence-corrected chi connectivity index (χ1v) is 4.11. The number of ether oxygens (including phenoxy) is 3. The molecule has 0 aliphatic carbocycles. The quantitative estimate of drug-likeness (QED) is 0.423. The highest BCUT2D eigenvalue weighted by atomic mass is 16.6. The molecule has 0 heterocycles. The fourth-order valence-corrected chi connectivity index (χ4v) is 0.630. The van der Waals surface area contributed by atoms with Crippen molar-refractivity contribution in [2.45, 2.75) is 0 Å². The Bertz CT molecular complexity index is 183. The summed E-state index contributed by atoms with van der Waals surface area (Å²) in [6.07, 6.45) is 0. The normalized spacial score (nSPS) is 9.57. The number of hydrogen-bond acceptors (Lipinski definition) is 5. The second-order valence-electron chi connectivity index (χ2n) is 2.41. The van der Waals surface area contributed by atoms with E-state index in [-0.39, 0.29) is 19.1 Å². The Morgan fingerprint density at radius 2 is 1.93 bits per heavy atom. The van der Waals surface area contributed by atoms with Gasteiger partial charge in [0.25, 0.3) is 0 Å². The fraction of sp³-hybridized carbons (Fsp3) is 0.750. The van der Waals surface area contributed by atoms with E-state index in [0.717, 1.165) is 0 Å². The minimum Gasteiger partial charge on any atom is -0.467 e. The van der Waals surface area contributed by atoms with Crippen LogP contribution in [0, 0.1) is 0 Å². The first kappa shape index (κ1) is 12.9. The Morgan fingerprint density at radius 1 is 1.21 bits per heavy atom. The molecule has 14 heavy (non-hydrogen) atoms. The number of carbonyl (C=O) groups is 2. The molecule has 0 spiro atoms. The van der Waals surface area contributed by atoms with Crippen LogP contribution in [0.3, 0.4) is 0 Å². The van der Waals surface area contributed by atoms with Crippen molar-refractivity contribution in [2.75, 3.05) is 40.6 Å². The van der Waals surface area contributed by atoms with Crippen molar-refractivity contribution in [3.8, 4) is 0 Å². The molecule has 6 nitrogen and oxygen atoms in total. The summed E-state index contributed by atoms with van der Waals surface area (Å²) in [5.74, 6) is -0.791. The molecular weight excluding hydrogens is 190 g/mol. The molecule has 0 saturated heterocycles. The van der Waals surface area contributed by atoms with Crippen LogP contribution in [0.25, 0.3) is 0 Å². The number of esters is 1. The molecule has 0 bridgehead atoms. The highest BCUT2D eigenvalue weighted by Gasteiger charge is 2.03. The molecular formula is C8H15NO5. The Hall–Kier alpha value is -1.14. The summed E-state index contributed by atoms with van der Waals surface area (Å²) in [6.45, 7) is 0.507. The molecule has 0 atom stereocenters. The van der Waals surface area contributed by atoms with Crippen molar-refractivity contribution in [3.63, 3.8) is 0 Å². The van der Waals surface area contributed by atoms with Gasteiger partial charge in [-0.15, -0.1) is 0 Å². The predicted molar refractivity (Wildman–Crippen MR) is 47.7 cm³/mol. The summed E-state index contributed by atoms with van der Waals surface area (Å²) < 4.78 is 13.8. The van der Waals surface area contributed by atoms with Crippen LogP contribution < -0.4 is 5.32 Å². The van der Waals surface area contributed by atoms with E-state index >= 15 is 0 Å². The molecule has 0 aliphatic rings. The Balaban J connectivity index is 3.31. The van der Waals surface area contributed by atoms with E-state index in [1.54, 1.807) is 7.11 Å². The number of methoxy groups -OCH3 is 2. The van der Waals surface area contributed by atoms with Crippen LogP contribution in [0.4, 0.5) is 0 Å². The molecule has 1 N–H and O–H groups in total. The smallest absolute Gasteiger partial charge is 0.331 e. The SMILES string of the molecule is COCCNC(=O)COCC(=O)OC. The van der Waals surface area contributed by atoms with Gasteiger partial charge in [0, 0.05) is 13.7 Å². The molecule has 0 aromatic heterocycles. The Morgan fingerprint density at radius 3 is 2.50 bits per heavy atom. The largest absolute Gasteiger partial charge is 0.467 e. The Kier molecular flexibility index (Phi) is 7.77. The van der Waals surface area contributed by atoms with E-state index in [1.807, 2.05) is 0 Å². The highest BCUT2D eigenvalue weighted by molar-refractivity contribution is 5.77. The maximum absolute atomic E-state index is 10.9. The van der Waals surface area contributed by atoms with E-state index in [0.29, 0.717) is 13.2 Å². The van der Waals surface area contributed by atoms with Crippen LogP contribution in [-0.4, -0.2) is 52.5 Å². The molecule has 0 aromatic carbocycles. The van der Waals surface area contributed by atoms with Gasteiger partial charge in [-0.05, 0) is 0 Å². The van der Waals surface area contributed by atoms with Gasteiger partial charge in [-0.1, -0.05) is 0 Å². The molecule has 1 amide bonds. The maximum atomic E-state index is 10.9. The number of amides is 1. The summed E-state index contributed by atoms with van der Waals surface area (Å²) in [6, 6.07) is 0.